The summed E-state index contributed by atoms with van der Waals surface area (Å²) in [6.07, 6.45) is 1.60. The van der Waals surface area contributed by atoms with Gasteiger partial charge in [0, 0.05) is 6.54 Å². The standard InChI is InChI=1S/C10H16N2O2/c1-3-12(10(13)8(2)11)7-9-5-4-6-14-9/h4-6,8H,3,7,11H2,1-2H3/t8-/m1/s1. The molecule has 1 aromatic heterocycles. The molecule has 14 heavy (non-hydrogen) atoms. The van der Waals surface area contributed by atoms with Gasteiger partial charge in [-0.25, -0.2) is 0 Å². The summed E-state index contributed by atoms with van der Waals surface area (Å²) in [7, 11) is 0. The second-order valence-electron chi connectivity index (χ2n) is 3.22. The molecule has 2 N–H and O–H groups in total. The van der Waals surface area contributed by atoms with Gasteiger partial charge in [0.1, 0.15) is 5.76 Å². The number of carbonyl (C=O) groups excluding carboxylic acids is 1. The van der Waals surface area contributed by atoms with Crippen LogP contribution >= 0.6 is 0 Å². The van der Waals surface area contributed by atoms with E-state index in [4.69, 9.17) is 10.2 Å². The van der Waals surface area contributed by atoms with Crippen molar-refractivity contribution in [1.29, 1.82) is 0 Å². The molecule has 0 saturated carbocycles. The molecule has 0 aromatic carbocycles. The van der Waals surface area contributed by atoms with Gasteiger partial charge in [-0.2, -0.15) is 0 Å². The fourth-order valence-electron chi connectivity index (χ4n) is 1.22. The first-order valence-electron chi connectivity index (χ1n) is 4.72. The van der Waals surface area contributed by atoms with E-state index in [9.17, 15) is 4.79 Å². The largest absolute Gasteiger partial charge is 0.467 e. The van der Waals surface area contributed by atoms with Crippen molar-refractivity contribution in [3.05, 3.63) is 24.2 Å². The minimum atomic E-state index is -0.454. The van der Waals surface area contributed by atoms with E-state index in [0.29, 0.717) is 13.1 Å². The Bertz CT molecular complexity index is 280. The van der Waals surface area contributed by atoms with Gasteiger partial charge in [0.25, 0.3) is 0 Å². The second kappa shape index (κ2) is 4.81. The number of carbonyl (C=O) groups is 1. The molecule has 0 saturated heterocycles. The summed E-state index contributed by atoms with van der Waals surface area (Å²) >= 11 is 0. The van der Waals surface area contributed by atoms with E-state index in [1.54, 1.807) is 24.2 Å². The summed E-state index contributed by atoms with van der Waals surface area (Å²) in [5, 5.41) is 0. The normalized spacial score (nSPS) is 12.5. The molecule has 0 aliphatic heterocycles. The van der Waals surface area contributed by atoms with Gasteiger partial charge in [-0.1, -0.05) is 0 Å². The molecular formula is C10H16N2O2. The van der Waals surface area contributed by atoms with Gasteiger partial charge in [-0.15, -0.1) is 0 Å². The van der Waals surface area contributed by atoms with Crippen molar-refractivity contribution in [2.24, 2.45) is 5.73 Å². The predicted octanol–water partition coefficient (Wildman–Crippen LogP) is 0.975. The third-order valence-corrected chi connectivity index (χ3v) is 2.01. The second-order valence-corrected chi connectivity index (χ2v) is 3.22. The fourth-order valence-corrected chi connectivity index (χ4v) is 1.22. The molecule has 1 aromatic rings. The maximum atomic E-state index is 11.6. The highest BCUT2D eigenvalue weighted by molar-refractivity contribution is 5.81. The lowest BCUT2D eigenvalue weighted by Gasteiger charge is -2.21. The van der Waals surface area contributed by atoms with E-state index in [-0.39, 0.29) is 5.91 Å². The molecule has 1 rings (SSSR count). The van der Waals surface area contributed by atoms with Crippen LogP contribution < -0.4 is 5.73 Å². The van der Waals surface area contributed by atoms with Gasteiger partial charge in [0.15, 0.2) is 0 Å². The van der Waals surface area contributed by atoms with Gasteiger partial charge in [-0.05, 0) is 26.0 Å². The molecule has 1 heterocycles. The number of nitrogens with zero attached hydrogens (tertiary/aromatic N) is 1. The zero-order chi connectivity index (χ0) is 10.6. The van der Waals surface area contributed by atoms with Crippen LogP contribution in [-0.2, 0) is 11.3 Å². The van der Waals surface area contributed by atoms with Gasteiger partial charge >= 0.3 is 0 Å². The first-order valence-corrected chi connectivity index (χ1v) is 4.72. The molecule has 4 heteroatoms. The monoisotopic (exact) mass is 196 g/mol. The minimum Gasteiger partial charge on any atom is -0.467 e. The van der Waals surface area contributed by atoms with Crippen LogP contribution in [0, 0.1) is 0 Å². The predicted molar refractivity (Wildman–Crippen MR) is 53.4 cm³/mol. The minimum absolute atomic E-state index is 0.0519. The average molecular weight is 196 g/mol. The summed E-state index contributed by atoms with van der Waals surface area (Å²) in [5.41, 5.74) is 5.52. The van der Waals surface area contributed by atoms with Gasteiger partial charge in [0.2, 0.25) is 5.91 Å². The van der Waals surface area contributed by atoms with Crippen LogP contribution in [0.15, 0.2) is 22.8 Å². The molecule has 0 spiro atoms. The lowest BCUT2D eigenvalue weighted by atomic mass is 10.3. The number of amides is 1. The Morgan fingerprint density at radius 2 is 2.43 bits per heavy atom. The van der Waals surface area contributed by atoms with Gasteiger partial charge in [-0.3, -0.25) is 4.79 Å². The number of furan rings is 1. The Balaban J connectivity index is 2.60. The van der Waals surface area contributed by atoms with E-state index in [1.165, 1.54) is 0 Å². The quantitative estimate of drug-likeness (QED) is 0.780. The van der Waals surface area contributed by atoms with E-state index < -0.39 is 6.04 Å². The third-order valence-electron chi connectivity index (χ3n) is 2.01. The van der Waals surface area contributed by atoms with Crippen LogP contribution in [0.3, 0.4) is 0 Å². The molecular weight excluding hydrogens is 180 g/mol. The molecule has 0 fully saturated rings. The Morgan fingerprint density at radius 3 is 2.86 bits per heavy atom. The highest BCUT2D eigenvalue weighted by Gasteiger charge is 2.16. The number of nitrogens with two attached hydrogens (primary N) is 1. The van der Waals surface area contributed by atoms with Crippen LogP contribution in [0.5, 0.6) is 0 Å². The van der Waals surface area contributed by atoms with Crippen molar-refractivity contribution in [2.45, 2.75) is 26.4 Å². The zero-order valence-electron chi connectivity index (χ0n) is 8.56. The van der Waals surface area contributed by atoms with Crippen molar-refractivity contribution >= 4 is 5.91 Å². The molecule has 1 atom stereocenters. The molecule has 0 bridgehead atoms. The van der Waals surface area contributed by atoms with Crippen LogP contribution in [0.1, 0.15) is 19.6 Å². The molecule has 4 nitrogen and oxygen atoms in total. The van der Waals surface area contributed by atoms with Crippen molar-refractivity contribution in [3.63, 3.8) is 0 Å². The summed E-state index contributed by atoms with van der Waals surface area (Å²) in [5.74, 6) is 0.727. The average Bonchev–Trinajstić information content (AvgIpc) is 2.65. The highest BCUT2D eigenvalue weighted by Crippen LogP contribution is 2.06. The summed E-state index contributed by atoms with van der Waals surface area (Å²) in [6.45, 7) is 4.74. The Labute approximate surface area is 83.7 Å². The van der Waals surface area contributed by atoms with Crippen molar-refractivity contribution in [3.8, 4) is 0 Å². The maximum absolute atomic E-state index is 11.6. The molecule has 1 amide bonds. The van der Waals surface area contributed by atoms with Crippen molar-refractivity contribution in [2.75, 3.05) is 6.54 Å². The van der Waals surface area contributed by atoms with Crippen molar-refractivity contribution < 1.29 is 9.21 Å². The van der Waals surface area contributed by atoms with Crippen LogP contribution in [0.25, 0.3) is 0 Å². The summed E-state index contributed by atoms with van der Waals surface area (Å²) in [6, 6.07) is 3.20. The SMILES string of the molecule is CCN(Cc1ccco1)C(=O)[C@@H](C)N. The maximum Gasteiger partial charge on any atom is 0.239 e. The topological polar surface area (TPSA) is 59.5 Å². The Kier molecular flexibility index (Phi) is 3.71. The Morgan fingerprint density at radius 1 is 1.71 bits per heavy atom. The lowest BCUT2D eigenvalue weighted by Crippen LogP contribution is -2.41. The van der Waals surface area contributed by atoms with Crippen LogP contribution in [-0.4, -0.2) is 23.4 Å². The van der Waals surface area contributed by atoms with E-state index in [2.05, 4.69) is 0 Å². The summed E-state index contributed by atoms with van der Waals surface area (Å²) < 4.78 is 5.16. The number of hydrogen-bond donors (Lipinski definition) is 1. The van der Waals surface area contributed by atoms with Gasteiger partial charge < -0.3 is 15.1 Å². The van der Waals surface area contributed by atoms with Gasteiger partial charge in [0.05, 0.1) is 18.8 Å². The lowest BCUT2D eigenvalue weighted by molar-refractivity contribution is -0.132. The number of hydrogen-bond acceptors (Lipinski definition) is 3. The summed E-state index contributed by atoms with van der Waals surface area (Å²) in [4.78, 5) is 13.2. The molecule has 0 unspecified atom stereocenters. The zero-order valence-corrected chi connectivity index (χ0v) is 8.56. The third kappa shape index (κ3) is 2.60. The highest BCUT2D eigenvalue weighted by atomic mass is 16.3. The molecule has 0 aliphatic carbocycles. The first kappa shape index (κ1) is 10.8. The van der Waals surface area contributed by atoms with Crippen LogP contribution in [0.4, 0.5) is 0 Å². The van der Waals surface area contributed by atoms with Crippen LogP contribution in [0.2, 0.25) is 0 Å². The fraction of sp³-hybridized carbons (Fsp3) is 0.500. The number of rotatable bonds is 4. The molecule has 0 aliphatic rings. The molecule has 0 radical (unpaired) electrons. The smallest absolute Gasteiger partial charge is 0.239 e. The van der Waals surface area contributed by atoms with Crippen molar-refractivity contribution in [1.82, 2.24) is 4.90 Å². The Hall–Kier alpha value is -1.29. The first-order chi connectivity index (χ1) is 6.65. The van der Waals surface area contributed by atoms with E-state index in [0.717, 1.165) is 5.76 Å². The van der Waals surface area contributed by atoms with E-state index >= 15 is 0 Å². The van der Waals surface area contributed by atoms with E-state index in [1.807, 2.05) is 13.0 Å². The molecule has 78 valence electrons. The number of likely N-dealkylation sites (N-methyl/N-ethyl adjacent to an activating group) is 1.